The summed E-state index contributed by atoms with van der Waals surface area (Å²) in [4.78, 5) is 53.4. The summed E-state index contributed by atoms with van der Waals surface area (Å²) >= 11 is 0. The van der Waals surface area contributed by atoms with Gasteiger partial charge in [-0.15, -0.1) is 0 Å². The lowest BCUT2D eigenvalue weighted by molar-refractivity contribution is -0.134. The molecular weight excluding hydrogens is 394 g/mol. The van der Waals surface area contributed by atoms with E-state index in [9.17, 15) is 19.2 Å². The summed E-state index contributed by atoms with van der Waals surface area (Å²) in [6.07, 6.45) is 1.91. The standard InChI is InChI=1S/C24H33N3O4/c1-15(2)14-27-22(30)18-7-6-16(12-19(18)23(27)31)21(29)25-17-8-10-26(11-9-17)20(28)13-24(3,4)5/h6-7,12,15,17H,8-11,13-14H2,1-5H3,(H,25,29). The Morgan fingerprint density at radius 1 is 1.06 bits per heavy atom. The van der Waals surface area contributed by atoms with Crippen LogP contribution in [0.15, 0.2) is 18.2 Å². The SMILES string of the molecule is CC(C)CN1C(=O)c2ccc(C(=O)NC3CCN(C(=O)CC(C)(C)C)CC3)cc2C1=O. The van der Waals surface area contributed by atoms with E-state index < -0.39 is 0 Å². The van der Waals surface area contributed by atoms with Gasteiger partial charge in [0.2, 0.25) is 5.91 Å². The highest BCUT2D eigenvalue weighted by Crippen LogP contribution is 2.25. The number of nitrogens with zero attached hydrogens (tertiary/aromatic N) is 2. The molecule has 7 nitrogen and oxygen atoms in total. The number of nitrogens with one attached hydrogen (secondary N) is 1. The van der Waals surface area contributed by atoms with Crippen LogP contribution in [-0.2, 0) is 4.79 Å². The van der Waals surface area contributed by atoms with Crippen LogP contribution in [0, 0.1) is 11.3 Å². The van der Waals surface area contributed by atoms with Gasteiger partial charge in [0.15, 0.2) is 0 Å². The molecule has 0 aromatic heterocycles. The van der Waals surface area contributed by atoms with Gasteiger partial charge in [0.1, 0.15) is 0 Å². The van der Waals surface area contributed by atoms with Crippen LogP contribution in [0.1, 0.15) is 85.0 Å². The molecule has 168 valence electrons. The second-order valence-corrected chi connectivity index (χ2v) is 10.2. The Hall–Kier alpha value is -2.70. The zero-order valence-corrected chi connectivity index (χ0v) is 19.2. The molecule has 0 radical (unpaired) electrons. The van der Waals surface area contributed by atoms with E-state index in [2.05, 4.69) is 26.1 Å². The van der Waals surface area contributed by atoms with E-state index in [4.69, 9.17) is 0 Å². The molecule has 0 saturated carbocycles. The smallest absolute Gasteiger partial charge is 0.261 e. The lowest BCUT2D eigenvalue weighted by Gasteiger charge is -2.34. The van der Waals surface area contributed by atoms with Crippen LogP contribution in [0.5, 0.6) is 0 Å². The number of likely N-dealkylation sites (tertiary alicyclic amines) is 1. The first-order valence-electron chi connectivity index (χ1n) is 11.0. The second-order valence-electron chi connectivity index (χ2n) is 10.2. The molecule has 0 aliphatic carbocycles. The van der Waals surface area contributed by atoms with Gasteiger partial charge in [0.05, 0.1) is 11.1 Å². The van der Waals surface area contributed by atoms with Gasteiger partial charge in [-0.25, -0.2) is 0 Å². The number of carbonyl (C=O) groups is 4. The van der Waals surface area contributed by atoms with Gasteiger partial charge in [-0.3, -0.25) is 24.1 Å². The molecule has 4 amide bonds. The summed E-state index contributed by atoms with van der Waals surface area (Å²) in [5, 5.41) is 3.02. The Morgan fingerprint density at radius 2 is 1.68 bits per heavy atom. The molecule has 3 rings (SSSR count). The van der Waals surface area contributed by atoms with Crippen molar-refractivity contribution in [2.75, 3.05) is 19.6 Å². The molecule has 7 heteroatoms. The summed E-state index contributed by atoms with van der Waals surface area (Å²) in [6.45, 7) is 11.7. The molecule has 1 aromatic carbocycles. The van der Waals surface area contributed by atoms with Crippen molar-refractivity contribution in [3.8, 4) is 0 Å². The number of amides is 4. The van der Waals surface area contributed by atoms with E-state index in [1.165, 1.54) is 11.0 Å². The van der Waals surface area contributed by atoms with Crippen LogP contribution in [0.2, 0.25) is 0 Å². The van der Waals surface area contributed by atoms with Crippen LogP contribution in [0.25, 0.3) is 0 Å². The zero-order chi connectivity index (χ0) is 22.9. The molecule has 31 heavy (non-hydrogen) atoms. The Bertz CT molecular complexity index is 893. The molecule has 1 aromatic rings. The molecule has 1 fully saturated rings. The highest BCUT2D eigenvalue weighted by molar-refractivity contribution is 6.22. The lowest BCUT2D eigenvalue weighted by atomic mass is 9.91. The Balaban J connectivity index is 1.60. The number of hydrogen-bond donors (Lipinski definition) is 1. The monoisotopic (exact) mass is 427 g/mol. The summed E-state index contributed by atoms with van der Waals surface area (Å²) in [7, 11) is 0. The Morgan fingerprint density at radius 3 is 2.26 bits per heavy atom. The summed E-state index contributed by atoms with van der Waals surface area (Å²) in [6, 6.07) is 4.67. The molecule has 0 bridgehead atoms. The second kappa shape index (κ2) is 8.81. The predicted octanol–water partition coefficient (Wildman–Crippen LogP) is 3.10. The first-order valence-corrected chi connectivity index (χ1v) is 11.0. The first kappa shape index (κ1) is 23.0. The van der Waals surface area contributed by atoms with E-state index in [0.29, 0.717) is 55.6 Å². The molecule has 1 saturated heterocycles. The maximum atomic E-state index is 12.8. The van der Waals surface area contributed by atoms with Crippen molar-refractivity contribution in [2.45, 2.75) is 59.9 Å². The normalized spacial score (nSPS) is 17.4. The van der Waals surface area contributed by atoms with Gasteiger partial charge in [0.25, 0.3) is 17.7 Å². The van der Waals surface area contributed by atoms with Crippen LogP contribution >= 0.6 is 0 Å². The van der Waals surface area contributed by atoms with Crippen molar-refractivity contribution in [2.24, 2.45) is 11.3 Å². The minimum absolute atomic E-state index is 0.0192. The molecule has 2 heterocycles. The maximum Gasteiger partial charge on any atom is 0.261 e. The van der Waals surface area contributed by atoms with E-state index in [0.717, 1.165) is 0 Å². The number of piperidine rings is 1. The molecular formula is C24H33N3O4. The zero-order valence-electron chi connectivity index (χ0n) is 19.2. The van der Waals surface area contributed by atoms with Crippen LogP contribution in [0.4, 0.5) is 0 Å². The number of carbonyl (C=O) groups excluding carboxylic acids is 4. The van der Waals surface area contributed by atoms with Crippen molar-refractivity contribution in [3.63, 3.8) is 0 Å². The Labute approximate surface area is 184 Å². The van der Waals surface area contributed by atoms with Crippen molar-refractivity contribution in [1.29, 1.82) is 0 Å². The summed E-state index contributed by atoms with van der Waals surface area (Å²) in [5.74, 6) is -0.567. The minimum atomic E-state index is -0.339. The van der Waals surface area contributed by atoms with Gasteiger partial charge in [-0.2, -0.15) is 0 Å². The highest BCUT2D eigenvalue weighted by atomic mass is 16.2. The largest absolute Gasteiger partial charge is 0.349 e. The van der Waals surface area contributed by atoms with Crippen molar-refractivity contribution >= 4 is 23.6 Å². The summed E-state index contributed by atoms with van der Waals surface area (Å²) in [5.41, 5.74) is 0.977. The predicted molar refractivity (Wildman–Crippen MR) is 118 cm³/mol. The third-order valence-corrected chi connectivity index (χ3v) is 5.65. The van der Waals surface area contributed by atoms with Gasteiger partial charge in [-0.05, 0) is 42.4 Å². The van der Waals surface area contributed by atoms with Gasteiger partial charge < -0.3 is 10.2 Å². The molecule has 2 aliphatic heterocycles. The van der Waals surface area contributed by atoms with Gasteiger partial charge >= 0.3 is 0 Å². The van der Waals surface area contributed by atoms with Crippen LogP contribution < -0.4 is 5.32 Å². The van der Waals surface area contributed by atoms with Crippen molar-refractivity contribution in [1.82, 2.24) is 15.1 Å². The van der Waals surface area contributed by atoms with E-state index in [-0.39, 0.29) is 41.0 Å². The number of rotatable bonds is 5. The maximum absolute atomic E-state index is 12.8. The third-order valence-electron chi connectivity index (χ3n) is 5.65. The molecule has 0 unspecified atom stereocenters. The fourth-order valence-corrected chi connectivity index (χ4v) is 4.07. The minimum Gasteiger partial charge on any atom is -0.349 e. The van der Waals surface area contributed by atoms with Gasteiger partial charge in [0, 0.05) is 37.7 Å². The summed E-state index contributed by atoms with van der Waals surface area (Å²) < 4.78 is 0. The van der Waals surface area contributed by atoms with Gasteiger partial charge in [-0.1, -0.05) is 34.6 Å². The highest BCUT2D eigenvalue weighted by Gasteiger charge is 2.36. The number of fused-ring (bicyclic) bond motifs is 1. The number of hydrogen-bond acceptors (Lipinski definition) is 4. The lowest BCUT2D eigenvalue weighted by Crippen LogP contribution is -2.47. The number of imide groups is 1. The quantitative estimate of drug-likeness (QED) is 0.732. The van der Waals surface area contributed by atoms with E-state index >= 15 is 0 Å². The molecule has 0 spiro atoms. The van der Waals surface area contributed by atoms with Crippen molar-refractivity contribution < 1.29 is 19.2 Å². The number of benzene rings is 1. The van der Waals surface area contributed by atoms with Crippen molar-refractivity contribution in [3.05, 3.63) is 34.9 Å². The van der Waals surface area contributed by atoms with E-state index in [1.807, 2.05) is 18.7 Å². The average molecular weight is 428 g/mol. The van der Waals surface area contributed by atoms with Crippen LogP contribution in [0.3, 0.4) is 0 Å². The molecule has 2 aliphatic rings. The first-order chi connectivity index (χ1) is 14.5. The van der Waals surface area contributed by atoms with Crippen LogP contribution in [-0.4, -0.2) is 59.1 Å². The average Bonchev–Trinajstić information content (AvgIpc) is 2.91. The Kier molecular flexibility index (Phi) is 6.53. The fraction of sp³-hybridized carbons (Fsp3) is 0.583. The topological polar surface area (TPSA) is 86.8 Å². The van der Waals surface area contributed by atoms with E-state index in [1.54, 1.807) is 12.1 Å². The third kappa shape index (κ3) is 5.32. The molecule has 1 N–H and O–H groups in total. The molecule has 0 atom stereocenters. The fourth-order valence-electron chi connectivity index (χ4n) is 4.07.